The van der Waals surface area contributed by atoms with Gasteiger partial charge in [0.05, 0.1) is 0 Å². The molecule has 132 valence electrons. The monoisotopic (exact) mass is 364 g/mol. The minimum Gasteiger partial charge on any atom is -0.192 e. The first-order valence-corrected chi connectivity index (χ1v) is 4.56. The maximum atomic E-state index is 12.3. The fourth-order valence-electron chi connectivity index (χ4n) is 1.09. The molecule has 0 unspecified atom stereocenters. The standard InChI is InChI=1S/C8H2F14/c9-4(10,8(20,21)22)2-1-3(5(11,12)13,6(14,15)16)7(17,18)19/h1-2H. The molecule has 0 rings (SSSR count). The lowest BCUT2D eigenvalue weighted by Crippen LogP contribution is -2.58. The van der Waals surface area contributed by atoms with Gasteiger partial charge >= 0.3 is 30.6 Å². The van der Waals surface area contributed by atoms with Crippen LogP contribution in [0.5, 0.6) is 0 Å². The van der Waals surface area contributed by atoms with E-state index in [2.05, 4.69) is 0 Å². The van der Waals surface area contributed by atoms with Gasteiger partial charge < -0.3 is 0 Å². The molecule has 0 atom stereocenters. The highest BCUT2D eigenvalue weighted by molar-refractivity contribution is 5.16. The Bertz CT molecular complexity index is 376. The largest absolute Gasteiger partial charge is 0.457 e. The minimum absolute atomic E-state index is 2.12. The fourth-order valence-corrected chi connectivity index (χ4v) is 1.09. The summed E-state index contributed by atoms with van der Waals surface area (Å²) in [6, 6.07) is 0. The third kappa shape index (κ3) is 3.39. The van der Waals surface area contributed by atoms with E-state index in [9.17, 15) is 61.5 Å². The molecule has 0 amide bonds. The smallest absolute Gasteiger partial charge is 0.192 e. The third-order valence-electron chi connectivity index (χ3n) is 2.26. The van der Waals surface area contributed by atoms with E-state index in [1.807, 2.05) is 0 Å². The second-order valence-corrected chi connectivity index (χ2v) is 3.76. The van der Waals surface area contributed by atoms with Crippen molar-refractivity contribution in [1.82, 2.24) is 0 Å². The quantitative estimate of drug-likeness (QED) is 0.454. The molecule has 0 bridgehead atoms. The SMILES string of the molecule is FC(F)(F)C(F)(F)C=CC(C(F)(F)F)(C(F)(F)F)C(F)(F)F. The van der Waals surface area contributed by atoms with Gasteiger partial charge in [-0.15, -0.1) is 0 Å². The summed E-state index contributed by atoms with van der Waals surface area (Å²) in [4.78, 5) is 0. The van der Waals surface area contributed by atoms with Crippen molar-refractivity contribution < 1.29 is 61.5 Å². The van der Waals surface area contributed by atoms with Crippen LogP contribution < -0.4 is 0 Å². The van der Waals surface area contributed by atoms with Gasteiger partial charge in [-0.3, -0.25) is 0 Å². The average molecular weight is 364 g/mol. The molecule has 0 spiro atoms. The maximum absolute atomic E-state index is 12.3. The molecule has 0 nitrogen and oxygen atoms in total. The second-order valence-electron chi connectivity index (χ2n) is 3.76. The molecule has 0 aliphatic rings. The normalized spacial score (nSPS) is 16.5. The lowest BCUT2D eigenvalue weighted by atomic mass is 9.84. The third-order valence-corrected chi connectivity index (χ3v) is 2.26. The van der Waals surface area contributed by atoms with Gasteiger partial charge in [0.1, 0.15) is 0 Å². The second kappa shape index (κ2) is 5.15. The summed E-state index contributed by atoms with van der Waals surface area (Å²) >= 11 is 0. The molecule has 22 heavy (non-hydrogen) atoms. The molecule has 0 fully saturated rings. The summed E-state index contributed by atoms with van der Waals surface area (Å²) in [6.45, 7) is 0. The highest BCUT2D eigenvalue weighted by atomic mass is 19.4. The zero-order valence-electron chi connectivity index (χ0n) is 9.45. The van der Waals surface area contributed by atoms with Crippen LogP contribution in [0.25, 0.3) is 0 Å². The topological polar surface area (TPSA) is 0 Å². The highest BCUT2D eigenvalue weighted by Gasteiger charge is 2.82. The van der Waals surface area contributed by atoms with Gasteiger partial charge in [-0.2, -0.15) is 61.5 Å². The minimum atomic E-state index is -7.26. The van der Waals surface area contributed by atoms with Crippen molar-refractivity contribution in [2.45, 2.75) is 30.6 Å². The van der Waals surface area contributed by atoms with Crippen LogP contribution in [0.4, 0.5) is 61.5 Å². The molecular formula is C8H2F14. The van der Waals surface area contributed by atoms with Crippen LogP contribution in [0.1, 0.15) is 0 Å². The van der Waals surface area contributed by atoms with E-state index in [0.29, 0.717) is 0 Å². The van der Waals surface area contributed by atoms with Crippen molar-refractivity contribution >= 4 is 0 Å². The summed E-state index contributed by atoms with van der Waals surface area (Å²) in [5.41, 5.74) is -6.87. The van der Waals surface area contributed by atoms with Crippen molar-refractivity contribution in [3.63, 3.8) is 0 Å². The molecule has 0 heterocycles. The first-order valence-electron chi connectivity index (χ1n) is 4.56. The molecule has 0 saturated heterocycles. The Morgan fingerprint density at radius 3 is 0.818 bits per heavy atom. The lowest BCUT2D eigenvalue weighted by Gasteiger charge is -2.36. The van der Waals surface area contributed by atoms with Crippen LogP contribution >= 0.6 is 0 Å². The molecule has 0 N–H and O–H groups in total. The molecule has 0 aliphatic heterocycles. The fraction of sp³-hybridized carbons (Fsp3) is 0.750. The molecule has 0 saturated carbocycles. The Labute approximate surface area is 111 Å². The first kappa shape index (κ1) is 20.8. The van der Waals surface area contributed by atoms with Crippen LogP contribution in [-0.4, -0.2) is 30.6 Å². The molecular weight excluding hydrogens is 362 g/mol. The Morgan fingerprint density at radius 2 is 0.636 bits per heavy atom. The van der Waals surface area contributed by atoms with Crippen molar-refractivity contribution in [3.05, 3.63) is 12.2 Å². The Hall–Kier alpha value is -1.24. The zero-order chi connectivity index (χ0) is 18.4. The summed E-state index contributed by atoms with van der Waals surface area (Å²) < 4.78 is 170. The number of allylic oxidation sites excluding steroid dienone is 2. The van der Waals surface area contributed by atoms with Gasteiger partial charge in [0.15, 0.2) is 0 Å². The van der Waals surface area contributed by atoms with Gasteiger partial charge in [0.25, 0.3) is 5.41 Å². The van der Waals surface area contributed by atoms with E-state index in [-0.39, 0.29) is 0 Å². The Balaban J connectivity index is 6.39. The van der Waals surface area contributed by atoms with Crippen LogP contribution in [-0.2, 0) is 0 Å². The van der Waals surface area contributed by atoms with Gasteiger partial charge in [-0.25, -0.2) is 0 Å². The van der Waals surface area contributed by atoms with E-state index in [1.165, 1.54) is 0 Å². The number of hydrogen-bond acceptors (Lipinski definition) is 0. The zero-order valence-corrected chi connectivity index (χ0v) is 9.45. The number of halogens is 14. The van der Waals surface area contributed by atoms with Crippen molar-refractivity contribution in [1.29, 1.82) is 0 Å². The van der Waals surface area contributed by atoms with Crippen molar-refractivity contribution in [3.8, 4) is 0 Å². The summed E-state index contributed by atoms with van der Waals surface area (Å²) in [5, 5.41) is 0. The van der Waals surface area contributed by atoms with Gasteiger partial charge in [0, 0.05) is 0 Å². The van der Waals surface area contributed by atoms with Gasteiger partial charge in [-0.05, 0) is 12.2 Å². The van der Waals surface area contributed by atoms with E-state index in [1.54, 1.807) is 0 Å². The summed E-state index contributed by atoms with van der Waals surface area (Å²) in [7, 11) is 0. The lowest BCUT2D eigenvalue weighted by molar-refractivity contribution is -0.407. The molecule has 0 aromatic carbocycles. The highest BCUT2D eigenvalue weighted by Crippen LogP contribution is 2.60. The average Bonchev–Trinajstić information content (AvgIpc) is 2.08. The van der Waals surface area contributed by atoms with E-state index < -0.39 is 48.2 Å². The van der Waals surface area contributed by atoms with Gasteiger partial charge in [0.2, 0.25) is 0 Å². The molecule has 0 radical (unpaired) electrons. The molecule has 14 heteroatoms. The van der Waals surface area contributed by atoms with E-state index >= 15 is 0 Å². The molecule has 0 aromatic rings. The Morgan fingerprint density at radius 1 is 0.364 bits per heavy atom. The Kier molecular flexibility index (Phi) is 4.86. The van der Waals surface area contributed by atoms with Crippen molar-refractivity contribution in [2.75, 3.05) is 0 Å². The predicted molar refractivity (Wildman–Crippen MR) is 40.7 cm³/mol. The number of alkyl halides is 14. The summed E-state index contributed by atoms with van der Waals surface area (Å²) in [5.74, 6) is -6.33. The number of rotatable bonds is 2. The number of hydrogen-bond donors (Lipinski definition) is 0. The molecule has 0 aliphatic carbocycles. The maximum Gasteiger partial charge on any atom is 0.457 e. The predicted octanol–water partition coefficient (Wildman–Crippen LogP) is 5.41. The van der Waals surface area contributed by atoms with E-state index in [0.717, 1.165) is 0 Å². The first-order chi connectivity index (χ1) is 9.21. The molecule has 0 aromatic heterocycles. The van der Waals surface area contributed by atoms with Crippen LogP contribution in [0.3, 0.4) is 0 Å². The van der Waals surface area contributed by atoms with Crippen LogP contribution in [0, 0.1) is 5.41 Å². The van der Waals surface area contributed by atoms with Crippen LogP contribution in [0.2, 0.25) is 0 Å². The summed E-state index contributed by atoms with van der Waals surface area (Å²) in [6.07, 6.45) is -32.9. The van der Waals surface area contributed by atoms with Gasteiger partial charge in [-0.1, -0.05) is 0 Å². The van der Waals surface area contributed by atoms with E-state index in [4.69, 9.17) is 0 Å². The van der Waals surface area contributed by atoms with Crippen LogP contribution in [0.15, 0.2) is 12.2 Å². The van der Waals surface area contributed by atoms with Crippen molar-refractivity contribution in [2.24, 2.45) is 5.41 Å².